The summed E-state index contributed by atoms with van der Waals surface area (Å²) in [6.45, 7) is 11.7. The van der Waals surface area contributed by atoms with Gasteiger partial charge in [0.2, 0.25) is 5.95 Å². The number of hydrogen-bond acceptors (Lipinski definition) is 9. The van der Waals surface area contributed by atoms with Gasteiger partial charge in [0.1, 0.15) is 23.0 Å². The Labute approximate surface area is 221 Å². The normalized spacial score (nSPS) is 18.1. The molecule has 12 heteroatoms. The lowest BCUT2D eigenvalue weighted by atomic mass is 10.0. The number of alkyl carbamates (subject to hydrolysis) is 2. The van der Waals surface area contributed by atoms with Gasteiger partial charge in [0.05, 0.1) is 12.1 Å². The number of para-hydroxylation sites is 1. The standard InChI is InChI=1S/C26H36N8O4/c1-25(2,3)37-23(35)30-17-12-18(31-24(36)38-26(4,5)6)14-34(13-17)22-32-19-20(27-15-28-21(19)33-22)29-16-10-8-7-9-11-16/h7-11,15,17-18H,12-14H2,1-6H3,(H,30,35)(H,31,36)(H2,27,28,29,32,33). The monoisotopic (exact) mass is 524 g/mol. The van der Waals surface area contributed by atoms with E-state index in [0.717, 1.165) is 5.69 Å². The smallest absolute Gasteiger partial charge is 0.407 e. The van der Waals surface area contributed by atoms with Gasteiger partial charge in [0, 0.05) is 18.8 Å². The fraction of sp³-hybridized carbons (Fsp3) is 0.500. The topological polar surface area (TPSA) is 146 Å². The maximum atomic E-state index is 12.5. The predicted molar refractivity (Wildman–Crippen MR) is 145 cm³/mol. The van der Waals surface area contributed by atoms with Gasteiger partial charge in [0.15, 0.2) is 11.5 Å². The Morgan fingerprint density at radius 2 is 1.50 bits per heavy atom. The summed E-state index contributed by atoms with van der Waals surface area (Å²) in [4.78, 5) is 43.7. The number of nitrogens with zero attached hydrogens (tertiary/aromatic N) is 4. The average molecular weight is 525 g/mol. The summed E-state index contributed by atoms with van der Waals surface area (Å²) in [5, 5.41) is 9.14. The van der Waals surface area contributed by atoms with Crippen molar-refractivity contribution >= 4 is 40.8 Å². The molecule has 0 radical (unpaired) electrons. The number of nitrogens with one attached hydrogen (secondary N) is 4. The van der Waals surface area contributed by atoms with Crippen molar-refractivity contribution < 1.29 is 19.1 Å². The van der Waals surface area contributed by atoms with Gasteiger partial charge in [-0.25, -0.2) is 19.6 Å². The average Bonchev–Trinajstić information content (AvgIpc) is 3.22. The van der Waals surface area contributed by atoms with E-state index in [-0.39, 0.29) is 12.1 Å². The van der Waals surface area contributed by atoms with Crippen LogP contribution in [0.25, 0.3) is 11.2 Å². The van der Waals surface area contributed by atoms with Gasteiger partial charge in [-0.2, -0.15) is 4.98 Å². The summed E-state index contributed by atoms with van der Waals surface area (Å²) in [6, 6.07) is 9.05. The third kappa shape index (κ3) is 7.46. The van der Waals surface area contributed by atoms with Crippen LogP contribution >= 0.6 is 0 Å². The quantitative estimate of drug-likeness (QED) is 0.387. The Morgan fingerprint density at radius 1 is 0.921 bits per heavy atom. The highest BCUT2D eigenvalue weighted by molar-refractivity contribution is 5.86. The van der Waals surface area contributed by atoms with Crippen LogP contribution in [-0.2, 0) is 9.47 Å². The fourth-order valence-electron chi connectivity index (χ4n) is 4.15. The largest absolute Gasteiger partial charge is 0.444 e. The summed E-state index contributed by atoms with van der Waals surface area (Å²) in [6.07, 6.45) is 0.902. The van der Waals surface area contributed by atoms with Crippen LogP contribution in [0.2, 0.25) is 0 Å². The zero-order valence-electron chi connectivity index (χ0n) is 22.7. The van der Waals surface area contributed by atoms with Crippen molar-refractivity contribution in [2.45, 2.75) is 71.2 Å². The molecule has 1 aliphatic heterocycles. The van der Waals surface area contributed by atoms with Crippen molar-refractivity contribution in [1.82, 2.24) is 30.6 Å². The highest BCUT2D eigenvalue weighted by Gasteiger charge is 2.33. The minimum absolute atomic E-state index is 0.320. The number of anilines is 3. The Bertz CT molecular complexity index is 1230. The van der Waals surface area contributed by atoms with Crippen molar-refractivity contribution in [3.05, 3.63) is 36.7 Å². The molecule has 1 saturated heterocycles. The van der Waals surface area contributed by atoms with Crippen LogP contribution in [0.1, 0.15) is 48.0 Å². The van der Waals surface area contributed by atoms with Crippen LogP contribution in [0.4, 0.5) is 27.0 Å². The van der Waals surface area contributed by atoms with E-state index in [2.05, 4.69) is 35.9 Å². The Kier molecular flexibility index (Phi) is 7.61. The molecule has 4 rings (SSSR count). The number of piperidine rings is 1. The predicted octanol–water partition coefficient (Wildman–Crippen LogP) is 4.09. The molecule has 0 spiro atoms. The third-order valence-electron chi connectivity index (χ3n) is 5.50. The van der Waals surface area contributed by atoms with E-state index in [1.54, 1.807) is 0 Å². The molecule has 0 aliphatic carbocycles. The summed E-state index contributed by atoms with van der Waals surface area (Å²) < 4.78 is 10.9. The number of hydrogen-bond donors (Lipinski definition) is 4. The molecule has 204 valence electrons. The minimum atomic E-state index is -0.633. The molecule has 2 aromatic heterocycles. The Hall–Kier alpha value is -4.09. The molecule has 2 amide bonds. The molecule has 38 heavy (non-hydrogen) atoms. The molecular formula is C26H36N8O4. The number of ether oxygens (including phenoxy) is 2. The molecule has 1 aliphatic rings. The van der Waals surface area contributed by atoms with Crippen LogP contribution in [0.5, 0.6) is 0 Å². The number of carbonyl (C=O) groups excluding carboxylic acids is 2. The number of aromatic nitrogens is 4. The number of H-pyrrole nitrogens is 1. The second-order valence-electron chi connectivity index (χ2n) is 11.3. The molecule has 2 atom stereocenters. The van der Waals surface area contributed by atoms with Crippen LogP contribution in [-0.4, -0.2) is 68.5 Å². The molecule has 3 heterocycles. The zero-order valence-corrected chi connectivity index (χ0v) is 22.7. The van der Waals surface area contributed by atoms with E-state index >= 15 is 0 Å². The van der Waals surface area contributed by atoms with Gasteiger partial charge in [-0.05, 0) is 60.1 Å². The lowest BCUT2D eigenvalue weighted by Crippen LogP contribution is -2.58. The van der Waals surface area contributed by atoms with Crippen molar-refractivity contribution in [3.8, 4) is 0 Å². The van der Waals surface area contributed by atoms with E-state index in [0.29, 0.717) is 42.4 Å². The van der Waals surface area contributed by atoms with Gasteiger partial charge in [-0.3, -0.25) is 0 Å². The first-order valence-corrected chi connectivity index (χ1v) is 12.6. The van der Waals surface area contributed by atoms with E-state index in [1.807, 2.05) is 76.8 Å². The third-order valence-corrected chi connectivity index (χ3v) is 5.50. The first-order chi connectivity index (χ1) is 17.8. The van der Waals surface area contributed by atoms with Crippen LogP contribution in [0.3, 0.4) is 0 Å². The first kappa shape index (κ1) is 27.0. The molecule has 1 aromatic carbocycles. The SMILES string of the molecule is CC(C)(C)OC(=O)NC1CC(NC(=O)OC(C)(C)C)CN(c2nc3ncnc(Nc4ccccc4)c3[nH]2)C1. The summed E-state index contributed by atoms with van der Waals surface area (Å²) in [5.74, 6) is 1.13. The van der Waals surface area contributed by atoms with E-state index in [9.17, 15) is 9.59 Å². The second-order valence-corrected chi connectivity index (χ2v) is 11.3. The van der Waals surface area contributed by atoms with Gasteiger partial charge in [0.25, 0.3) is 0 Å². The molecule has 1 fully saturated rings. The second kappa shape index (κ2) is 10.7. The molecular weight excluding hydrogens is 488 g/mol. The lowest BCUT2D eigenvalue weighted by Gasteiger charge is -2.38. The van der Waals surface area contributed by atoms with E-state index in [4.69, 9.17) is 9.47 Å². The number of amides is 2. The summed E-state index contributed by atoms with van der Waals surface area (Å²) >= 11 is 0. The first-order valence-electron chi connectivity index (χ1n) is 12.6. The molecule has 2 unspecified atom stereocenters. The van der Waals surface area contributed by atoms with Crippen LogP contribution in [0.15, 0.2) is 36.7 Å². The van der Waals surface area contributed by atoms with Crippen LogP contribution in [0, 0.1) is 0 Å². The maximum absolute atomic E-state index is 12.5. The molecule has 0 saturated carbocycles. The van der Waals surface area contributed by atoms with Crippen molar-refractivity contribution in [2.24, 2.45) is 0 Å². The molecule has 12 nitrogen and oxygen atoms in total. The summed E-state index contributed by atoms with van der Waals surface area (Å²) in [5.41, 5.74) is 0.751. The van der Waals surface area contributed by atoms with E-state index in [1.165, 1.54) is 6.33 Å². The Morgan fingerprint density at radius 3 is 2.05 bits per heavy atom. The Balaban J connectivity index is 1.56. The van der Waals surface area contributed by atoms with Gasteiger partial charge < -0.3 is 35.3 Å². The number of aromatic amines is 1. The maximum Gasteiger partial charge on any atom is 0.407 e. The minimum Gasteiger partial charge on any atom is -0.444 e. The number of rotatable bonds is 5. The molecule has 0 bridgehead atoms. The number of imidazole rings is 1. The van der Waals surface area contributed by atoms with Gasteiger partial charge in [-0.15, -0.1) is 0 Å². The van der Waals surface area contributed by atoms with E-state index < -0.39 is 23.4 Å². The number of fused-ring (bicyclic) bond motifs is 1. The highest BCUT2D eigenvalue weighted by Crippen LogP contribution is 2.26. The number of benzene rings is 1. The zero-order chi connectivity index (χ0) is 27.5. The molecule has 3 aromatic rings. The lowest BCUT2D eigenvalue weighted by molar-refractivity contribution is 0.0476. The number of carbonyl (C=O) groups is 2. The van der Waals surface area contributed by atoms with Crippen molar-refractivity contribution in [2.75, 3.05) is 23.3 Å². The highest BCUT2D eigenvalue weighted by atomic mass is 16.6. The van der Waals surface area contributed by atoms with Crippen LogP contribution < -0.4 is 20.9 Å². The van der Waals surface area contributed by atoms with Gasteiger partial charge >= 0.3 is 12.2 Å². The van der Waals surface area contributed by atoms with Crippen molar-refractivity contribution in [3.63, 3.8) is 0 Å². The molecule has 4 N–H and O–H groups in total. The fourth-order valence-corrected chi connectivity index (χ4v) is 4.15. The van der Waals surface area contributed by atoms with Crippen molar-refractivity contribution in [1.29, 1.82) is 0 Å². The van der Waals surface area contributed by atoms with Gasteiger partial charge in [-0.1, -0.05) is 18.2 Å². The summed E-state index contributed by atoms with van der Waals surface area (Å²) in [7, 11) is 0.